The van der Waals surface area contributed by atoms with Gasteiger partial charge in [-0.25, -0.2) is 9.78 Å². The first-order valence-electron chi connectivity index (χ1n) is 11.7. The summed E-state index contributed by atoms with van der Waals surface area (Å²) in [4.78, 5) is 45.3. The zero-order valence-electron chi connectivity index (χ0n) is 20.6. The third-order valence-electron chi connectivity index (χ3n) is 7.08. The van der Waals surface area contributed by atoms with Crippen LogP contribution in [0.25, 0.3) is 21.0 Å². The van der Waals surface area contributed by atoms with Gasteiger partial charge in [-0.15, -0.1) is 11.3 Å². The lowest BCUT2D eigenvalue weighted by molar-refractivity contribution is -0.159. The average molecular weight is 510 g/mol. The second-order valence-corrected chi connectivity index (χ2v) is 10.4. The standard InChI is InChI=1S/C26H27N3O6S/c1-15-19-22(30)29(17-13-26(2,14-17)24(31)34-4)25(32)28(11-9-16-7-5-6-8-18(16)33-3)23(19)36-20(15)21-27-10-12-35-21/h5-8,10,12,17H,9,11,13-14H2,1-4H3. The van der Waals surface area contributed by atoms with Crippen molar-refractivity contribution in [2.75, 3.05) is 14.2 Å². The molecule has 0 spiro atoms. The number of para-hydroxylation sites is 1. The number of carbonyl (C=O) groups excluding carboxylic acids is 1. The van der Waals surface area contributed by atoms with Crippen LogP contribution in [0.15, 0.2) is 50.7 Å². The van der Waals surface area contributed by atoms with E-state index in [-0.39, 0.29) is 23.3 Å². The first kappa shape index (κ1) is 24.1. The number of aryl methyl sites for hydroxylation is 3. The maximum Gasteiger partial charge on any atom is 0.332 e. The fraction of sp³-hybridized carbons (Fsp3) is 0.385. The van der Waals surface area contributed by atoms with E-state index in [0.717, 1.165) is 16.9 Å². The van der Waals surface area contributed by atoms with Gasteiger partial charge in [0, 0.05) is 12.6 Å². The van der Waals surface area contributed by atoms with Crippen LogP contribution in [0.5, 0.6) is 5.75 Å². The zero-order chi connectivity index (χ0) is 25.6. The van der Waals surface area contributed by atoms with Gasteiger partial charge in [0.15, 0.2) is 0 Å². The Morgan fingerprint density at radius 1 is 1.25 bits per heavy atom. The number of nitrogens with zero attached hydrogens (tertiary/aromatic N) is 3. The Hall–Kier alpha value is -3.66. The molecule has 1 aliphatic carbocycles. The van der Waals surface area contributed by atoms with Crippen molar-refractivity contribution in [3.8, 4) is 16.5 Å². The van der Waals surface area contributed by atoms with E-state index < -0.39 is 5.41 Å². The summed E-state index contributed by atoms with van der Waals surface area (Å²) in [7, 11) is 2.96. The maximum absolute atomic E-state index is 13.8. The molecule has 9 nitrogen and oxygen atoms in total. The molecule has 4 aromatic rings. The van der Waals surface area contributed by atoms with Crippen molar-refractivity contribution in [1.82, 2.24) is 14.1 Å². The van der Waals surface area contributed by atoms with Gasteiger partial charge in [-0.2, -0.15) is 0 Å². The molecule has 0 atom stereocenters. The molecule has 0 amide bonds. The smallest absolute Gasteiger partial charge is 0.332 e. The number of hydrogen-bond acceptors (Lipinski definition) is 8. The number of carbonyl (C=O) groups is 1. The summed E-state index contributed by atoms with van der Waals surface area (Å²) in [5, 5.41) is 0.472. The molecule has 0 aliphatic heterocycles. The van der Waals surface area contributed by atoms with Crippen molar-refractivity contribution in [1.29, 1.82) is 0 Å². The summed E-state index contributed by atoms with van der Waals surface area (Å²) in [6, 6.07) is 7.28. The predicted molar refractivity (Wildman–Crippen MR) is 136 cm³/mol. The van der Waals surface area contributed by atoms with E-state index >= 15 is 0 Å². The summed E-state index contributed by atoms with van der Waals surface area (Å²) in [6.07, 6.45) is 4.29. The molecule has 1 fully saturated rings. The van der Waals surface area contributed by atoms with Crippen LogP contribution in [0, 0.1) is 12.3 Å². The Balaban J connectivity index is 1.65. The Labute approximate surface area is 210 Å². The molecule has 10 heteroatoms. The molecule has 1 aromatic carbocycles. The van der Waals surface area contributed by atoms with Crippen LogP contribution < -0.4 is 16.0 Å². The highest BCUT2D eigenvalue weighted by atomic mass is 32.1. The molecule has 0 unspecified atom stereocenters. The van der Waals surface area contributed by atoms with E-state index in [2.05, 4.69) is 4.98 Å². The van der Waals surface area contributed by atoms with Crippen LogP contribution in [-0.2, 0) is 22.5 Å². The molecule has 1 aliphatic rings. The third kappa shape index (κ3) is 3.76. The van der Waals surface area contributed by atoms with Gasteiger partial charge in [0.05, 0.1) is 36.1 Å². The monoisotopic (exact) mass is 509 g/mol. The van der Waals surface area contributed by atoms with Crippen LogP contribution in [0.4, 0.5) is 0 Å². The summed E-state index contributed by atoms with van der Waals surface area (Å²) in [5.41, 5.74) is 0.222. The summed E-state index contributed by atoms with van der Waals surface area (Å²) in [5.74, 6) is 0.818. The van der Waals surface area contributed by atoms with E-state index in [1.54, 1.807) is 24.8 Å². The second kappa shape index (κ2) is 9.09. The fourth-order valence-electron chi connectivity index (χ4n) is 5.14. The van der Waals surface area contributed by atoms with Crippen molar-refractivity contribution < 1.29 is 18.7 Å². The normalized spacial score (nSPS) is 19.3. The highest BCUT2D eigenvalue weighted by Crippen LogP contribution is 2.48. The van der Waals surface area contributed by atoms with Crippen molar-refractivity contribution in [3.05, 3.63) is 68.7 Å². The van der Waals surface area contributed by atoms with Gasteiger partial charge >= 0.3 is 11.7 Å². The first-order valence-corrected chi connectivity index (χ1v) is 12.5. The van der Waals surface area contributed by atoms with Crippen molar-refractivity contribution >= 4 is 27.5 Å². The molecule has 1 saturated carbocycles. The van der Waals surface area contributed by atoms with Gasteiger partial charge in [0.25, 0.3) is 5.56 Å². The minimum atomic E-state index is -0.713. The summed E-state index contributed by atoms with van der Waals surface area (Å²) in [6.45, 7) is 4.00. The zero-order valence-corrected chi connectivity index (χ0v) is 21.4. The molecule has 3 heterocycles. The van der Waals surface area contributed by atoms with Crippen LogP contribution in [0.3, 0.4) is 0 Å². The van der Waals surface area contributed by atoms with Gasteiger partial charge in [-0.1, -0.05) is 18.2 Å². The van der Waals surface area contributed by atoms with Gasteiger partial charge in [0.2, 0.25) is 5.89 Å². The predicted octanol–water partition coefficient (Wildman–Crippen LogP) is 3.95. The van der Waals surface area contributed by atoms with Crippen molar-refractivity contribution in [2.24, 2.45) is 5.41 Å². The molecular formula is C26H27N3O6S. The second-order valence-electron chi connectivity index (χ2n) is 9.36. The molecule has 0 N–H and O–H groups in total. The number of rotatable bonds is 7. The number of esters is 1. The molecule has 0 bridgehead atoms. The molecule has 0 saturated heterocycles. The SMILES string of the molecule is COC(=O)C1(C)CC(n2c(=O)c3c(C)c(-c4ncco4)sc3n(CCc3ccccc3OC)c2=O)C1. The van der Waals surface area contributed by atoms with Gasteiger partial charge < -0.3 is 13.9 Å². The Kier molecular flexibility index (Phi) is 6.07. The lowest BCUT2D eigenvalue weighted by Crippen LogP contribution is -2.51. The number of oxazole rings is 1. The summed E-state index contributed by atoms with van der Waals surface area (Å²) < 4.78 is 18.9. The molecule has 36 heavy (non-hydrogen) atoms. The van der Waals surface area contributed by atoms with Gasteiger partial charge in [-0.3, -0.25) is 18.7 Å². The van der Waals surface area contributed by atoms with Gasteiger partial charge in [0.1, 0.15) is 16.8 Å². The average Bonchev–Trinajstić information content (AvgIpc) is 3.50. The van der Waals surface area contributed by atoms with E-state index in [0.29, 0.717) is 46.8 Å². The molecular weight excluding hydrogens is 482 g/mol. The number of benzene rings is 1. The lowest BCUT2D eigenvalue weighted by Gasteiger charge is -2.42. The largest absolute Gasteiger partial charge is 0.496 e. The quantitative estimate of drug-likeness (QED) is 0.347. The van der Waals surface area contributed by atoms with E-state index in [4.69, 9.17) is 13.9 Å². The topological polar surface area (TPSA) is 106 Å². The Morgan fingerprint density at radius 2 is 2.00 bits per heavy atom. The van der Waals surface area contributed by atoms with Crippen LogP contribution >= 0.6 is 11.3 Å². The third-order valence-corrected chi connectivity index (χ3v) is 8.39. The first-order chi connectivity index (χ1) is 17.3. The number of aromatic nitrogens is 3. The number of thiophene rings is 1. The highest BCUT2D eigenvalue weighted by Gasteiger charge is 2.49. The molecule has 0 radical (unpaired) electrons. The number of hydrogen-bond donors (Lipinski definition) is 0. The summed E-state index contributed by atoms with van der Waals surface area (Å²) >= 11 is 1.32. The molecule has 5 rings (SSSR count). The minimum Gasteiger partial charge on any atom is -0.496 e. The van der Waals surface area contributed by atoms with E-state index in [1.807, 2.05) is 31.2 Å². The highest BCUT2D eigenvalue weighted by molar-refractivity contribution is 7.22. The Morgan fingerprint density at radius 3 is 2.67 bits per heavy atom. The number of fused-ring (bicyclic) bond motifs is 1. The Bertz CT molecular complexity index is 1560. The van der Waals surface area contributed by atoms with E-state index in [1.165, 1.54) is 29.3 Å². The fourth-order valence-corrected chi connectivity index (χ4v) is 6.40. The number of ether oxygens (including phenoxy) is 2. The minimum absolute atomic E-state index is 0.331. The van der Waals surface area contributed by atoms with Crippen molar-refractivity contribution in [2.45, 2.75) is 45.7 Å². The van der Waals surface area contributed by atoms with Crippen LogP contribution in [0.1, 0.15) is 36.9 Å². The number of methoxy groups -OCH3 is 2. The van der Waals surface area contributed by atoms with Crippen LogP contribution in [0.2, 0.25) is 0 Å². The lowest BCUT2D eigenvalue weighted by atomic mass is 9.66. The molecule has 3 aromatic heterocycles. The molecule has 188 valence electrons. The van der Waals surface area contributed by atoms with E-state index in [9.17, 15) is 14.4 Å². The van der Waals surface area contributed by atoms with Gasteiger partial charge in [-0.05, 0) is 50.3 Å². The maximum atomic E-state index is 13.8. The van der Waals surface area contributed by atoms with Crippen LogP contribution in [-0.4, -0.2) is 34.3 Å². The van der Waals surface area contributed by atoms with Crippen molar-refractivity contribution in [3.63, 3.8) is 0 Å².